The van der Waals surface area contributed by atoms with Gasteiger partial charge in [0.1, 0.15) is 11.5 Å². The normalized spacial score (nSPS) is 20.3. The molecule has 1 unspecified atom stereocenters. The molecule has 3 aliphatic heterocycles. The van der Waals surface area contributed by atoms with Crippen LogP contribution in [0.4, 0.5) is 23.1 Å². The number of fused-ring (bicyclic) bond motifs is 1. The fraction of sp³-hybridized carbons (Fsp3) is 0.512. The molecule has 288 valence electrons. The number of aromatic nitrogens is 4. The van der Waals surface area contributed by atoms with E-state index in [-0.39, 0.29) is 40.7 Å². The van der Waals surface area contributed by atoms with Crippen LogP contribution in [0.3, 0.4) is 0 Å². The minimum Gasteiger partial charge on any atom is -0.372 e. The Balaban J connectivity index is 0.808. The fourth-order valence-corrected chi connectivity index (χ4v) is 9.43. The van der Waals surface area contributed by atoms with Crippen LogP contribution in [0.1, 0.15) is 117 Å². The number of piperidine rings is 3. The smallest absolute Gasteiger partial charge is 0.263 e. The molecule has 1 saturated carbocycles. The lowest BCUT2D eigenvalue weighted by molar-refractivity contribution is -0.134. The van der Waals surface area contributed by atoms with E-state index in [1.165, 1.54) is 51.1 Å². The molecule has 1 aromatic carbocycles. The van der Waals surface area contributed by atoms with Gasteiger partial charge in [0.25, 0.3) is 5.56 Å². The number of carbonyl (C=O) groups excluding carboxylic acids is 3. The third-order valence-corrected chi connectivity index (χ3v) is 12.7. The van der Waals surface area contributed by atoms with Crippen LogP contribution in [0.5, 0.6) is 0 Å². The first-order valence-corrected chi connectivity index (χ1v) is 20.3. The molecule has 12 heteroatoms. The van der Waals surface area contributed by atoms with Gasteiger partial charge in [0.15, 0.2) is 5.78 Å². The number of pyridine rings is 2. The highest BCUT2D eigenvalue weighted by Gasteiger charge is 2.29. The summed E-state index contributed by atoms with van der Waals surface area (Å²) in [6.07, 6.45) is 15.9. The number of rotatable bonds is 10. The predicted molar refractivity (Wildman–Crippen MR) is 214 cm³/mol. The third-order valence-electron chi connectivity index (χ3n) is 12.7. The zero-order chi connectivity index (χ0) is 38.1. The van der Waals surface area contributed by atoms with Crippen LogP contribution in [0.25, 0.3) is 11.0 Å². The van der Waals surface area contributed by atoms with Crippen molar-refractivity contribution >= 4 is 51.8 Å². The molecule has 0 radical (unpaired) electrons. The quantitative estimate of drug-likeness (QED) is 0.129. The summed E-state index contributed by atoms with van der Waals surface area (Å²) in [4.78, 5) is 68.8. The monoisotopic (exact) mass is 744 g/mol. The van der Waals surface area contributed by atoms with E-state index in [4.69, 9.17) is 9.97 Å². The molecule has 2 amide bonds. The highest BCUT2D eigenvalue weighted by molar-refractivity contribution is 6.01. The van der Waals surface area contributed by atoms with Crippen molar-refractivity contribution in [3.63, 3.8) is 0 Å². The Hall–Kier alpha value is -5.13. The predicted octanol–water partition coefficient (Wildman–Crippen LogP) is 6.99. The average Bonchev–Trinajstić information content (AvgIpc) is 3.73. The van der Waals surface area contributed by atoms with Crippen molar-refractivity contribution < 1.29 is 14.4 Å². The minimum absolute atomic E-state index is 0.0304. The molecule has 3 saturated heterocycles. The van der Waals surface area contributed by atoms with Crippen LogP contribution in [0.2, 0.25) is 0 Å². The van der Waals surface area contributed by atoms with Gasteiger partial charge in [-0.2, -0.15) is 4.98 Å². The molecule has 3 aromatic heterocycles. The van der Waals surface area contributed by atoms with Gasteiger partial charge in [0.2, 0.25) is 17.8 Å². The molecule has 0 spiro atoms. The van der Waals surface area contributed by atoms with Gasteiger partial charge in [-0.05, 0) is 106 Å². The van der Waals surface area contributed by atoms with Crippen LogP contribution < -0.4 is 26.0 Å². The lowest BCUT2D eigenvalue weighted by Gasteiger charge is -2.36. The van der Waals surface area contributed by atoms with Crippen LogP contribution in [-0.2, 0) is 9.59 Å². The van der Waals surface area contributed by atoms with Crippen molar-refractivity contribution in [2.45, 2.75) is 103 Å². The number of nitrogens with zero attached hydrogens (tertiary/aromatic N) is 6. The summed E-state index contributed by atoms with van der Waals surface area (Å²) in [6.45, 7) is 7.44. The van der Waals surface area contributed by atoms with Crippen molar-refractivity contribution in [3.05, 3.63) is 75.8 Å². The number of aryl methyl sites for hydroxylation is 1. The van der Waals surface area contributed by atoms with E-state index in [9.17, 15) is 19.2 Å². The number of hydrogen-bond donors (Lipinski definition) is 2. The summed E-state index contributed by atoms with van der Waals surface area (Å²) in [6, 6.07) is 12.5. The number of Topliss-reactive ketones (excluding diaryl/α,β-unsaturated/α-hetero) is 1. The second kappa shape index (κ2) is 15.9. The number of anilines is 4. The van der Waals surface area contributed by atoms with Gasteiger partial charge >= 0.3 is 0 Å². The third kappa shape index (κ3) is 7.86. The van der Waals surface area contributed by atoms with E-state index in [1.807, 2.05) is 12.3 Å². The van der Waals surface area contributed by atoms with Crippen molar-refractivity contribution in [2.24, 2.45) is 11.8 Å². The zero-order valence-electron chi connectivity index (χ0n) is 32.1. The second-order valence-electron chi connectivity index (χ2n) is 16.2. The first-order valence-electron chi connectivity index (χ1n) is 20.3. The van der Waals surface area contributed by atoms with Crippen molar-refractivity contribution in [1.82, 2.24) is 24.8 Å². The molecule has 4 fully saturated rings. The molecule has 2 N–H and O–H groups in total. The zero-order valence-corrected chi connectivity index (χ0v) is 32.1. The second-order valence-corrected chi connectivity index (χ2v) is 16.2. The molecule has 55 heavy (non-hydrogen) atoms. The lowest BCUT2D eigenvalue weighted by Crippen LogP contribution is -2.39. The summed E-state index contributed by atoms with van der Waals surface area (Å²) >= 11 is 0. The van der Waals surface area contributed by atoms with Crippen molar-refractivity contribution in [2.75, 3.05) is 41.3 Å². The highest BCUT2D eigenvalue weighted by Crippen LogP contribution is 2.34. The van der Waals surface area contributed by atoms with Crippen LogP contribution in [-0.4, -0.2) is 63.3 Å². The van der Waals surface area contributed by atoms with Gasteiger partial charge in [-0.25, -0.2) is 9.97 Å². The number of nitrogens with one attached hydrogen (secondary N) is 2. The average molecular weight is 745 g/mol. The highest BCUT2D eigenvalue weighted by atomic mass is 16.2. The number of hydrogen-bond acceptors (Lipinski definition) is 10. The van der Waals surface area contributed by atoms with E-state index in [2.05, 4.69) is 55.7 Å². The number of carbonyl (C=O) groups is 3. The molecule has 8 rings (SSSR count). The van der Waals surface area contributed by atoms with Gasteiger partial charge in [0.05, 0.1) is 23.4 Å². The molecule has 4 aromatic rings. The molecular weight excluding hydrogens is 693 g/mol. The fourth-order valence-electron chi connectivity index (χ4n) is 9.43. The Morgan fingerprint density at radius 2 is 1.44 bits per heavy atom. The number of ketones is 1. The van der Waals surface area contributed by atoms with E-state index in [1.54, 1.807) is 17.7 Å². The van der Waals surface area contributed by atoms with Gasteiger partial charge < -0.3 is 15.1 Å². The Kier molecular flexibility index (Phi) is 10.7. The van der Waals surface area contributed by atoms with Crippen LogP contribution >= 0.6 is 0 Å². The number of benzene rings is 1. The molecule has 1 atom stereocenters. The largest absolute Gasteiger partial charge is 0.372 e. The summed E-state index contributed by atoms with van der Waals surface area (Å²) in [5.41, 5.74) is 4.50. The lowest BCUT2D eigenvalue weighted by atomic mass is 9.85. The van der Waals surface area contributed by atoms with E-state index >= 15 is 0 Å². The first-order chi connectivity index (χ1) is 26.7. The Labute approximate surface area is 322 Å². The standard InChI is InChI=1S/C43H52N8O4/c1-27-36-26-45-43(48-40(36)51(33-5-3-4-6-33)42(55)39(27)28(2)52)46-37-15-13-34(25-44-37)50-23-19-30(20-24-50)8-7-29-17-21-49(22-18-29)32-11-9-31(10-12-32)35-14-16-38(53)47-41(35)54/h9-13,15,25-26,29-30,33,35H,3-8,14,16-24H2,1-2H3,(H,47,53,54)(H,44,45,46,48). The molecule has 6 heterocycles. The maximum Gasteiger partial charge on any atom is 0.263 e. The maximum absolute atomic E-state index is 13.6. The SMILES string of the molecule is CC(=O)c1c(C)c2cnc(Nc3ccc(N4CCC(CCC5CCN(c6ccc(C7CCC(=O)NC7=O)cc6)CC5)CC4)cn3)nc2n(C2CCCC2)c1=O. The van der Waals surface area contributed by atoms with E-state index in [0.717, 1.165) is 80.3 Å². The Morgan fingerprint density at radius 1 is 0.800 bits per heavy atom. The van der Waals surface area contributed by atoms with Gasteiger partial charge in [-0.3, -0.25) is 29.1 Å². The van der Waals surface area contributed by atoms with Crippen molar-refractivity contribution in [3.8, 4) is 0 Å². The molecular formula is C43H52N8O4. The van der Waals surface area contributed by atoms with Gasteiger partial charge in [-0.15, -0.1) is 0 Å². The van der Waals surface area contributed by atoms with Gasteiger partial charge in [-0.1, -0.05) is 37.8 Å². The maximum atomic E-state index is 13.6. The summed E-state index contributed by atoms with van der Waals surface area (Å²) in [5.74, 6) is 1.72. The number of amides is 2. The minimum atomic E-state index is -0.254. The van der Waals surface area contributed by atoms with Gasteiger partial charge in [0, 0.05) is 55.9 Å². The van der Waals surface area contributed by atoms with Crippen molar-refractivity contribution in [1.29, 1.82) is 0 Å². The van der Waals surface area contributed by atoms with Crippen LogP contribution in [0.15, 0.2) is 53.6 Å². The summed E-state index contributed by atoms with van der Waals surface area (Å²) < 4.78 is 1.73. The Bertz CT molecular complexity index is 2110. The molecule has 1 aliphatic carbocycles. The first kappa shape index (κ1) is 36.8. The molecule has 12 nitrogen and oxygen atoms in total. The Morgan fingerprint density at radius 3 is 2.04 bits per heavy atom. The van der Waals surface area contributed by atoms with Crippen LogP contribution in [0, 0.1) is 18.8 Å². The van der Waals surface area contributed by atoms with E-state index in [0.29, 0.717) is 35.8 Å². The number of imide groups is 1. The topological polar surface area (TPSA) is 142 Å². The molecule has 4 aliphatic rings. The summed E-state index contributed by atoms with van der Waals surface area (Å²) in [7, 11) is 0. The molecule has 0 bridgehead atoms. The summed E-state index contributed by atoms with van der Waals surface area (Å²) in [5, 5.41) is 6.44. The van der Waals surface area contributed by atoms with E-state index < -0.39 is 0 Å².